The first kappa shape index (κ1) is 24.0. The van der Waals surface area contributed by atoms with Crippen molar-refractivity contribution < 1.29 is 19.0 Å². The highest BCUT2D eigenvalue weighted by Gasteiger charge is 2.17. The summed E-state index contributed by atoms with van der Waals surface area (Å²) in [7, 11) is 0. The molecular weight excluding hydrogens is 455 g/mol. The van der Waals surface area contributed by atoms with Gasteiger partial charge in [-0.05, 0) is 31.2 Å². The van der Waals surface area contributed by atoms with Crippen LogP contribution < -0.4 is 15.5 Å². The van der Waals surface area contributed by atoms with Crippen LogP contribution >= 0.6 is 0 Å². The standard InChI is InChI=1S/C23H25FN8O3/c1-2-25-22(34)15-9-18(11-19(33)10-15)29-17-4-3-16(26-12-17)13-28-31-23-27-14-20(24)21(30-23)32-5-7-35-8-6-32/h3-4,9-12,14,29,33H,2,5-8,13H2,1H3,(H,25,34). The van der Waals surface area contributed by atoms with Crippen molar-refractivity contribution in [3.05, 3.63) is 59.8 Å². The molecule has 0 spiro atoms. The molecule has 0 bridgehead atoms. The number of nitrogens with zero attached hydrogens (tertiary/aromatic N) is 6. The molecule has 0 atom stereocenters. The quantitative estimate of drug-likeness (QED) is 0.418. The molecule has 35 heavy (non-hydrogen) atoms. The molecule has 3 aromatic rings. The number of pyridine rings is 1. The predicted octanol–water partition coefficient (Wildman–Crippen LogP) is 3.33. The van der Waals surface area contributed by atoms with Crippen molar-refractivity contribution in [3.63, 3.8) is 0 Å². The molecule has 1 saturated heterocycles. The molecule has 1 aromatic carbocycles. The van der Waals surface area contributed by atoms with Gasteiger partial charge in [0.15, 0.2) is 11.6 Å². The van der Waals surface area contributed by atoms with Gasteiger partial charge < -0.3 is 25.4 Å². The van der Waals surface area contributed by atoms with Gasteiger partial charge in [-0.3, -0.25) is 9.78 Å². The summed E-state index contributed by atoms with van der Waals surface area (Å²) in [6, 6.07) is 8.11. The van der Waals surface area contributed by atoms with Crippen molar-refractivity contribution in [3.8, 4) is 5.75 Å². The van der Waals surface area contributed by atoms with Crippen LogP contribution in [0.25, 0.3) is 0 Å². The number of carbonyl (C=O) groups is 1. The molecule has 12 heteroatoms. The third-order valence-electron chi connectivity index (χ3n) is 5.05. The number of carbonyl (C=O) groups excluding carboxylic acids is 1. The van der Waals surface area contributed by atoms with Crippen LogP contribution in [0.1, 0.15) is 23.0 Å². The van der Waals surface area contributed by atoms with E-state index in [2.05, 4.69) is 35.8 Å². The molecule has 0 saturated carbocycles. The fourth-order valence-electron chi connectivity index (χ4n) is 3.40. The number of aromatic hydroxyl groups is 1. The van der Waals surface area contributed by atoms with Crippen LogP contribution in [0.5, 0.6) is 5.75 Å². The zero-order valence-electron chi connectivity index (χ0n) is 19.1. The lowest BCUT2D eigenvalue weighted by Gasteiger charge is -2.27. The molecule has 0 aliphatic carbocycles. The summed E-state index contributed by atoms with van der Waals surface area (Å²) in [5, 5.41) is 23.8. The van der Waals surface area contributed by atoms with Crippen LogP contribution in [0, 0.1) is 5.82 Å². The monoisotopic (exact) mass is 480 g/mol. The first-order chi connectivity index (χ1) is 17.0. The number of hydrogen-bond donors (Lipinski definition) is 3. The normalized spacial score (nSPS) is 13.7. The summed E-state index contributed by atoms with van der Waals surface area (Å²) in [6.07, 6.45) is 2.69. The van der Waals surface area contributed by atoms with Crippen molar-refractivity contribution >= 4 is 29.0 Å². The summed E-state index contributed by atoms with van der Waals surface area (Å²) in [5.41, 5.74) is 2.20. The topological polar surface area (TPSA) is 137 Å². The summed E-state index contributed by atoms with van der Waals surface area (Å²) in [5.74, 6) is -0.556. The van der Waals surface area contributed by atoms with Gasteiger partial charge in [0.2, 0.25) is 0 Å². The summed E-state index contributed by atoms with van der Waals surface area (Å²) in [4.78, 5) is 26.2. The Morgan fingerprint density at radius 2 is 2.00 bits per heavy atom. The fraction of sp³-hybridized carbons (Fsp3) is 0.304. The molecule has 1 fully saturated rings. The first-order valence-electron chi connectivity index (χ1n) is 11.1. The van der Waals surface area contributed by atoms with E-state index in [-0.39, 0.29) is 30.0 Å². The number of amides is 1. The van der Waals surface area contributed by atoms with Gasteiger partial charge in [-0.1, -0.05) is 0 Å². The highest BCUT2D eigenvalue weighted by molar-refractivity contribution is 5.95. The Hall–Kier alpha value is -4.19. The number of hydrogen-bond acceptors (Lipinski definition) is 10. The maximum absolute atomic E-state index is 14.1. The van der Waals surface area contributed by atoms with Crippen molar-refractivity contribution in [2.24, 2.45) is 10.2 Å². The molecule has 2 aromatic heterocycles. The predicted molar refractivity (Wildman–Crippen MR) is 127 cm³/mol. The van der Waals surface area contributed by atoms with E-state index in [1.54, 1.807) is 29.3 Å². The third-order valence-corrected chi connectivity index (χ3v) is 5.05. The Morgan fingerprint density at radius 1 is 1.17 bits per heavy atom. The molecule has 1 amide bonds. The average Bonchev–Trinajstić information content (AvgIpc) is 2.86. The number of ether oxygens (including phenoxy) is 1. The van der Waals surface area contributed by atoms with Crippen molar-refractivity contribution in [2.75, 3.05) is 43.1 Å². The number of aromatic nitrogens is 3. The highest BCUT2D eigenvalue weighted by atomic mass is 19.1. The highest BCUT2D eigenvalue weighted by Crippen LogP contribution is 2.24. The van der Waals surface area contributed by atoms with Crippen LogP contribution in [0.3, 0.4) is 0 Å². The van der Waals surface area contributed by atoms with Gasteiger partial charge in [-0.2, -0.15) is 10.1 Å². The van der Waals surface area contributed by atoms with Gasteiger partial charge in [-0.25, -0.2) is 9.37 Å². The Bertz CT molecular complexity index is 1200. The zero-order valence-corrected chi connectivity index (χ0v) is 19.1. The lowest BCUT2D eigenvalue weighted by atomic mass is 10.1. The molecule has 3 N–H and O–H groups in total. The van der Waals surface area contributed by atoms with Crippen LogP contribution in [0.2, 0.25) is 0 Å². The minimum absolute atomic E-state index is 0.0268. The minimum atomic E-state index is -0.513. The Morgan fingerprint density at radius 3 is 2.74 bits per heavy atom. The summed E-state index contributed by atoms with van der Waals surface area (Å²) >= 11 is 0. The number of benzene rings is 1. The van der Waals surface area contributed by atoms with Crippen molar-refractivity contribution in [2.45, 2.75) is 13.5 Å². The van der Waals surface area contributed by atoms with Crippen LogP contribution in [-0.2, 0) is 11.3 Å². The van der Waals surface area contributed by atoms with E-state index in [0.717, 1.165) is 6.20 Å². The summed E-state index contributed by atoms with van der Waals surface area (Å²) in [6.45, 7) is 4.61. The Labute approximate surface area is 201 Å². The second-order valence-corrected chi connectivity index (χ2v) is 7.63. The maximum atomic E-state index is 14.1. The largest absolute Gasteiger partial charge is 0.508 e. The second-order valence-electron chi connectivity index (χ2n) is 7.63. The van der Waals surface area contributed by atoms with E-state index in [4.69, 9.17) is 4.74 Å². The zero-order chi connectivity index (χ0) is 24.6. The van der Waals surface area contributed by atoms with E-state index in [1.807, 2.05) is 6.92 Å². The third kappa shape index (κ3) is 6.44. The van der Waals surface area contributed by atoms with E-state index < -0.39 is 5.82 Å². The van der Waals surface area contributed by atoms with E-state index in [1.165, 1.54) is 12.1 Å². The number of morpholine rings is 1. The van der Waals surface area contributed by atoms with E-state index in [9.17, 15) is 14.3 Å². The van der Waals surface area contributed by atoms with Gasteiger partial charge in [0.05, 0.1) is 37.0 Å². The van der Waals surface area contributed by atoms with Gasteiger partial charge >= 0.3 is 0 Å². The lowest BCUT2D eigenvalue weighted by Crippen LogP contribution is -2.37. The molecule has 4 rings (SSSR count). The molecule has 1 aliphatic heterocycles. The van der Waals surface area contributed by atoms with E-state index in [0.29, 0.717) is 55.5 Å². The molecule has 3 heterocycles. The van der Waals surface area contributed by atoms with Crippen LogP contribution in [0.15, 0.2) is 53.0 Å². The van der Waals surface area contributed by atoms with Gasteiger partial charge in [0, 0.05) is 37.0 Å². The first-order valence-corrected chi connectivity index (χ1v) is 11.1. The number of anilines is 3. The molecule has 0 unspecified atom stereocenters. The SMILES string of the molecule is CCNC(=O)c1cc(O)cc(Nc2ccc(CN=Nc3ncc(F)c(N4CCOCC4)n3)nc2)c1. The molecule has 11 nitrogen and oxygen atoms in total. The van der Waals surface area contributed by atoms with Crippen LogP contribution in [-0.4, -0.2) is 58.8 Å². The number of rotatable bonds is 8. The molecule has 0 radical (unpaired) electrons. The molecule has 1 aliphatic rings. The van der Waals surface area contributed by atoms with E-state index >= 15 is 0 Å². The van der Waals surface area contributed by atoms with Gasteiger partial charge in [0.25, 0.3) is 11.9 Å². The van der Waals surface area contributed by atoms with Crippen molar-refractivity contribution in [1.82, 2.24) is 20.3 Å². The fourth-order valence-corrected chi connectivity index (χ4v) is 3.40. The average molecular weight is 481 g/mol. The molecular formula is C23H25FN8O3. The number of phenols is 1. The summed E-state index contributed by atoms with van der Waals surface area (Å²) < 4.78 is 19.4. The van der Waals surface area contributed by atoms with Crippen LogP contribution in [0.4, 0.5) is 27.5 Å². The molecule has 182 valence electrons. The minimum Gasteiger partial charge on any atom is -0.508 e. The van der Waals surface area contributed by atoms with Gasteiger partial charge in [0.1, 0.15) is 12.3 Å². The number of phenolic OH excluding ortho intramolecular Hbond substituents is 1. The number of nitrogens with one attached hydrogen (secondary N) is 2. The smallest absolute Gasteiger partial charge is 0.270 e. The number of azo groups is 1. The lowest BCUT2D eigenvalue weighted by molar-refractivity contribution is 0.0955. The maximum Gasteiger partial charge on any atom is 0.270 e. The Balaban J connectivity index is 1.37. The van der Waals surface area contributed by atoms with Crippen molar-refractivity contribution in [1.29, 1.82) is 0 Å². The Kier molecular flexibility index (Phi) is 7.73. The van der Waals surface area contributed by atoms with Gasteiger partial charge in [-0.15, -0.1) is 5.11 Å². The number of halogens is 1. The second kappa shape index (κ2) is 11.3.